The van der Waals surface area contributed by atoms with Crippen molar-refractivity contribution in [3.63, 3.8) is 0 Å². The molecule has 2 rings (SSSR count). The zero-order valence-corrected chi connectivity index (χ0v) is 12.3. The first-order valence-corrected chi connectivity index (χ1v) is 7.56. The van der Waals surface area contributed by atoms with E-state index in [0.717, 1.165) is 4.57 Å². The van der Waals surface area contributed by atoms with Crippen molar-refractivity contribution < 1.29 is 23.6 Å². The normalized spacial score (nSPS) is 24.4. The molecule has 0 saturated heterocycles. The molecule has 1 aromatic rings. The summed E-state index contributed by atoms with van der Waals surface area (Å²) in [7, 11) is -4.72. The maximum Gasteiger partial charge on any atom is 0.469 e. The summed E-state index contributed by atoms with van der Waals surface area (Å²) >= 11 is 0. The first kappa shape index (κ1) is 16.4. The Balaban J connectivity index is 2.26. The van der Waals surface area contributed by atoms with Crippen LogP contribution in [0.3, 0.4) is 0 Å². The smallest absolute Gasteiger partial charge is 0.329 e. The van der Waals surface area contributed by atoms with Gasteiger partial charge in [0.05, 0.1) is 0 Å². The lowest BCUT2D eigenvalue weighted by atomic mass is 10.1. The van der Waals surface area contributed by atoms with Gasteiger partial charge in [-0.2, -0.15) is 0 Å². The molecule has 0 aromatic carbocycles. The van der Waals surface area contributed by atoms with E-state index in [2.05, 4.69) is 15.4 Å². The van der Waals surface area contributed by atoms with Crippen LogP contribution in [0.4, 0.5) is 0 Å². The van der Waals surface area contributed by atoms with Gasteiger partial charge >= 0.3 is 13.5 Å². The minimum Gasteiger partial charge on any atom is -0.329 e. The molecule has 0 radical (unpaired) electrons. The number of phosphoric ester groups is 1. The van der Waals surface area contributed by atoms with E-state index in [9.17, 15) is 14.2 Å². The highest BCUT2D eigenvalue weighted by Gasteiger charge is 2.37. The zero-order chi connectivity index (χ0) is 16.5. The Morgan fingerprint density at radius 1 is 1.59 bits per heavy atom. The Morgan fingerprint density at radius 2 is 2.27 bits per heavy atom. The predicted octanol–water partition coefficient (Wildman–Crippen LogP) is -0.589. The second-order valence-electron chi connectivity index (χ2n) is 4.64. The number of aromatic amines is 1. The molecule has 9 nitrogen and oxygen atoms in total. The zero-order valence-electron chi connectivity index (χ0n) is 11.4. The number of H-pyrrole nitrogens is 1. The molecular weight excluding hydrogens is 315 g/mol. The van der Waals surface area contributed by atoms with Crippen molar-refractivity contribution in [1.29, 1.82) is 0 Å². The number of nitrogens with zero attached hydrogens (tertiary/aromatic N) is 1. The first-order valence-electron chi connectivity index (χ1n) is 6.03. The highest BCUT2D eigenvalue weighted by molar-refractivity contribution is 7.46. The monoisotopic (exact) mass is 328 g/mol. The van der Waals surface area contributed by atoms with Gasteiger partial charge in [-0.25, -0.2) is 9.36 Å². The first-order chi connectivity index (χ1) is 10.2. The quantitative estimate of drug-likeness (QED) is 0.382. The van der Waals surface area contributed by atoms with Crippen LogP contribution in [0.25, 0.3) is 0 Å². The van der Waals surface area contributed by atoms with Gasteiger partial charge in [-0.1, -0.05) is 5.92 Å². The Bertz CT molecular complexity index is 812. The molecule has 3 N–H and O–H groups in total. The third-order valence-corrected chi connectivity index (χ3v) is 3.44. The van der Waals surface area contributed by atoms with Crippen LogP contribution in [0.5, 0.6) is 0 Å². The van der Waals surface area contributed by atoms with Gasteiger partial charge in [0, 0.05) is 11.8 Å². The third-order valence-electron chi connectivity index (χ3n) is 2.97. The van der Waals surface area contributed by atoms with Gasteiger partial charge in [0.15, 0.2) is 11.8 Å². The maximum absolute atomic E-state index is 11.8. The standard InChI is InChI=1S/C12H13N2O7P/c1-3-12(7-20-22(17,18)19)5-4-9(21-12)14-6-8(2)10(15)13-11(14)16/h1,4-6,9H,7H2,2H3,(H,13,15,16)(H2,17,18,19)/t9-,12+/m1/s1. The van der Waals surface area contributed by atoms with Crippen LogP contribution < -0.4 is 11.2 Å². The molecule has 0 fully saturated rings. The summed E-state index contributed by atoms with van der Waals surface area (Å²) in [6.45, 7) is 0.927. The molecule has 0 aliphatic carbocycles. The minimum absolute atomic E-state index is 0.293. The molecule has 0 spiro atoms. The van der Waals surface area contributed by atoms with Gasteiger partial charge in [0.1, 0.15) is 6.61 Å². The number of aryl methyl sites for hydroxylation is 1. The largest absolute Gasteiger partial charge is 0.469 e. The number of aromatic nitrogens is 2. The molecule has 0 saturated carbocycles. The second-order valence-corrected chi connectivity index (χ2v) is 5.88. The van der Waals surface area contributed by atoms with Gasteiger partial charge < -0.3 is 14.5 Å². The molecule has 0 unspecified atom stereocenters. The van der Waals surface area contributed by atoms with Gasteiger partial charge in [-0.05, 0) is 19.1 Å². The van der Waals surface area contributed by atoms with Gasteiger partial charge in [-0.15, -0.1) is 6.42 Å². The summed E-state index contributed by atoms with van der Waals surface area (Å²) < 4.78 is 21.7. The molecule has 1 aliphatic rings. The predicted molar refractivity (Wildman–Crippen MR) is 74.9 cm³/mol. The van der Waals surface area contributed by atoms with Crippen LogP contribution in [0, 0.1) is 19.3 Å². The van der Waals surface area contributed by atoms with Crippen LogP contribution in [0.1, 0.15) is 11.8 Å². The van der Waals surface area contributed by atoms with E-state index in [-0.39, 0.29) is 0 Å². The number of hydrogen-bond acceptors (Lipinski definition) is 5. The maximum atomic E-state index is 11.8. The molecule has 118 valence electrons. The Kier molecular flexibility index (Phi) is 4.24. The topological polar surface area (TPSA) is 131 Å². The van der Waals surface area contributed by atoms with Crippen molar-refractivity contribution in [3.05, 3.63) is 44.8 Å². The van der Waals surface area contributed by atoms with E-state index >= 15 is 0 Å². The average molecular weight is 328 g/mol. The molecule has 10 heteroatoms. The summed E-state index contributed by atoms with van der Waals surface area (Å²) in [5.74, 6) is 2.23. The molecule has 1 aliphatic heterocycles. The van der Waals surface area contributed by atoms with Gasteiger partial charge in [0.25, 0.3) is 5.56 Å². The summed E-state index contributed by atoms with van der Waals surface area (Å²) in [5.41, 5.74) is -2.44. The van der Waals surface area contributed by atoms with E-state index in [1.165, 1.54) is 25.3 Å². The number of phosphoric acid groups is 1. The van der Waals surface area contributed by atoms with E-state index in [4.69, 9.17) is 20.9 Å². The lowest BCUT2D eigenvalue weighted by molar-refractivity contribution is -0.0494. The van der Waals surface area contributed by atoms with Crippen molar-refractivity contribution in [3.8, 4) is 12.3 Å². The number of nitrogens with one attached hydrogen (secondary N) is 1. The molecule has 1 aromatic heterocycles. The SMILES string of the molecule is C#C[C@@]1(COP(=O)(O)O)C=C[C@H](n2cc(C)c(=O)[nH]c2=O)O1. The van der Waals surface area contributed by atoms with Gasteiger partial charge in [-0.3, -0.25) is 18.9 Å². The lowest BCUT2D eigenvalue weighted by Gasteiger charge is -2.24. The number of rotatable bonds is 4. The Morgan fingerprint density at radius 3 is 2.86 bits per heavy atom. The van der Waals surface area contributed by atoms with E-state index < -0.39 is 37.5 Å². The fourth-order valence-corrected chi connectivity index (χ4v) is 2.20. The number of terminal acetylenes is 1. The fraction of sp³-hybridized carbons (Fsp3) is 0.333. The van der Waals surface area contributed by atoms with Crippen LogP contribution in [-0.2, 0) is 13.8 Å². The third kappa shape index (κ3) is 3.44. The summed E-state index contributed by atoms with van der Waals surface area (Å²) in [6, 6.07) is 0. The second kappa shape index (κ2) is 5.68. The fourth-order valence-electron chi connectivity index (χ4n) is 1.84. The number of ether oxygens (including phenoxy) is 1. The highest BCUT2D eigenvalue weighted by Crippen LogP contribution is 2.39. The Hall–Kier alpha value is -1.95. The van der Waals surface area contributed by atoms with Gasteiger partial charge in [0.2, 0.25) is 0 Å². The minimum atomic E-state index is -4.72. The molecule has 0 amide bonds. The lowest BCUT2D eigenvalue weighted by Crippen LogP contribution is -2.37. The van der Waals surface area contributed by atoms with Crippen LogP contribution in [0.2, 0.25) is 0 Å². The van der Waals surface area contributed by atoms with E-state index in [1.54, 1.807) is 0 Å². The van der Waals surface area contributed by atoms with Crippen molar-refractivity contribution >= 4 is 7.82 Å². The number of hydrogen-bond donors (Lipinski definition) is 3. The summed E-state index contributed by atoms with van der Waals surface area (Å²) in [6.07, 6.45) is 8.49. The summed E-state index contributed by atoms with van der Waals surface area (Å²) in [4.78, 5) is 42.7. The molecule has 22 heavy (non-hydrogen) atoms. The molecular formula is C12H13N2O7P. The summed E-state index contributed by atoms with van der Waals surface area (Å²) in [5, 5.41) is 0. The van der Waals surface area contributed by atoms with E-state index in [1.807, 2.05) is 0 Å². The van der Waals surface area contributed by atoms with E-state index in [0.29, 0.717) is 5.56 Å². The molecule has 0 bridgehead atoms. The van der Waals surface area contributed by atoms with Crippen molar-refractivity contribution in [1.82, 2.24) is 9.55 Å². The van der Waals surface area contributed by atoms with Crippen LogP contribution in [0.15, 0.2) is 27.9 Å². The van der Waals surface area contributed by atoms with Crippen molar-refractivity contribution in [2.45, 2.75) is 18.8 Å². The molecule has 2 heterocycles. The highest BCUT2D eigenvalue weighted by atomic mass is 31.2. The average Bonchev–Trinajstić information content (AvgIpc) is 2.85. The van der Waals surface area contributed by atoms with Crippen molar-refractivity contribution in [2.24, 2.45) is 0 Å². The molecule has 2 atom stereocenters. The van der Waals surface area contributed by atoms with Crippen LogP contribution in [-0.4, -0.2) is 31.5 Å². The van der Waals surface area contributed by atoms with Crippen molar-refractivity contribution in [2.75, 3.05) is 6.61 Å². The van der Waals surface area contributed by atoms with Crippen LogP contribution >= 0.6 is 7.82 Å². The Labute approximate surface area is 124 Å².